The minimum Gasteiger partial charge on any atom is -0.480 e. The third-order valence-corrected chi connectivity index (χ3v) is 5.99. The Morgan fingerprint density at radius 2 is 1.39 bits per heavy atom. The van der Waals surface area contributed by atoms with Gasteiger partial charge in [0.05, 0.1) is 6.04 Å². The second-order valence-electron chi connectivity index (χ2n) is 7.09. The quantitative estimate of drug-likeness (QED) is 0.549. The van der Waals surface area contributed by atoms with E-state index < -0.39 is 22.4 Å². The zero-order valence-corrected chi connectivity index (χ0v) is 17.8. The predicted octanol–water partition coefficient (Wildman–Crippen LogP) is 4.43. The first kappa shape index (κ1) is 22.3. The molecule has 3 aromatic rings. The van der Waals surface area contributed by atoms with Crippen LogP contribution in [0.4, 0.5) is 0 Å². The number of carbonyl (C=O) groups is 3. The Morgan fingerprint density at radius 3 is 1.97 bits per heavy atom. The first-order chi connectivity index (χ1) is 14.9. The molecule has 1 amide bonds. The molecule has 0 aliphatic carbocycles. The molecule has 6 heteroatoms. The fourth-order valence-electron chi connectivity index (χ4n) is 3.03. The molecule has 158 valence electrons. The molecule has 3 rings (SSSR count). The van der Waals surface area contributed by atoms with E-state index in [2.05, 4.69) is 5.32 Å². The van der Waals surface area contributed by atoms with Gasteiger partial charge >= 0.3 is 5.97 Å². The van der Waals surface area contributed by atoms with Gasteiger partial charge in [0.2, 0.25) is 5.12 Å². The third kappa shape index (κ3) is 6.30. The first-order valence-electron chi connectivity index (χ1n) is 9.87. The summed E-state index contributed by atoms with van der Waals surface area (Å²) < 4.78 is 0. The molecule has 0 aliphatic heterocycles. The normalized spacial score (nSPS) is 12.5. The van der Waals surface area contributed by atoms with Gasteiger partial charge in [-0.05, 0) is 42.2 Å². The molecular weight excluding hydrogens is 410 g/mol. The van der Waals surface area contributed by atoms with E-state index in [1.54, 1.807) is 37.3 Å². The summed E-state index contributed by atoms with van der Waals surface area (Å²) in [5, 5.41) is 10.9. The van der Waals surface area contributed by atoms with Crippen LogP contribution in [0.2, 0.25) is 0 Å². The number of carboxylic acids is 1. The fraction of sp³-hybridized carbons (Fsp3) is 0.160. The van der Waals surface area contributed by atoms with E-state index in [-0.39, 0.29) is 12.3 Å². The van der Waals surface area contributed by atoms with E-state index in [1.807, 2.05) is 54.6 Å². The molecule has 0 heterocycles. The molecule has 2 atom stereocenters. The summed E-state index contributed by atoms with van der Waals surface area (Å²) in [6, 6.07) is 25.3. The Hall–Kier alpha value is -3.38. The van der Waals surface area contributed by atoms with Crippen molar-refractivity contribution in [1.82, 2.24) is 5.32 Å². The van der Waals surface area contributed by atoms with Crippen LogP contribution in [0.5, 0.6) is 0 Å². The Bertz CT molecular complexity index is 1040. The van der Waals surface area contributed by atoms with Crippen molar-refractivity contribution in [3.63, 3.8) is 0 Å². The molecule has 31 heavy (non-hydrogen) atoms. The van der Waals surface area contributed by atoms with Gasteiger partial charge in [0.15, 0.2) is 0 Å². The van der Waals surface area contributed by atoms with Gasteiger partial charge in [-0.15, -0.1) is 0 Å². The second-order valence-corrected chi connectivity index (χ2v) is 8.30. The number of carbonyl (C=O) groups excluding carboxylic acids is 2. The summed E-state index contributed by atoms with van der Waals surface area (Å²) in [5.41, 5.74) is 3.39. The number of benzene rings is 3. The SMILES string of the molecule is C[C@@H](NC(=O)c1ccccc1)C(=O)S[C@H](Cc1ccc(-c2ccccc2)cc1)C(=O)O. The van der Waals surface area contributed by atoms with Crippen molar-refractivity contribution in [1.29, 1.82) is 0 Å². The second kappa shape index (κ2) is 10.6. The van der Waals surface area contributed by atoms with Gasteiger partial charge < -0.3 is 10.4 Å². The lowest BCUT2D eigenvalue weighted by Gasteiger charge is -2.16. The minimum absolute atomic E-state index is 0.208. The maximum absolute atomic E-state index is 12.5. The monoisotopic (exact) mass is 433 g/mol. The van der Waals surface area contributed by atoms with Crippen LogP contribution < -0.4 is 5.32 Å². The van der Waals surface area contributed by atoms with Crippen LogP contribution in [0.3, 0.4) is 0 Å². The summed E-state index contributed by atoms with van der Waals surface area (Å²) in [4.78, 5) is 36.5. The smallest absolute Gasteiger partial charge is 0.317 e. The topological polar surface area (TPSA) is 83.5 Å². The summed E-state index contributed by atoms with van der Waals surface area (Å²) in [6.07, 6.45) is 0.208. The van der Waals surface area contributed by atoms with E-state index in [1.165, 1.54) is 0 Å². The Kier molecular flexibility index (Phi) is 7.62. The highest BCUT2D eigenvalue weighted by atomic mass is 32.2. The maximum Gasteiger partial charge on any atom is 0.317 e. The summed E-state index contributed by atoms with van der Waals surface area (Å²) in [5.74, 6) is -1.43. The Labute approximate surface area is 185 Å². The van der Waals surface area contributed by atoms with Gasteiger partial charge in [0.25, 0.3) is 5.91 Å². The lowest BCUT2D eigenvalue weighted by atomic mass is 10.0. The van der Waals surface area contributed by atoms with Crippen LogP contribution in [-0.4, -0.2) is 33.4 Å². The van der Waals surface area contributed by atoms with Crippen LogP contribution >= 0.6 is 11.8 Å². The molecule has 5 nitrogen and oxygen atoms in total. The molecule has 0 bridgehead atoms. The number of hydrogen-bond acceptors (Lipinski definition) is 4. The number of rotatable bonds is 8. The van der Waals surface area contributed by atoms with Gasteiger partial charge in [-0.3, -0.25) is 14.4 Å². The number of carboxylic acid groups (broad SMARTS) is 1. The third-order valence-electron chi connectivity index (χ3n) is 4.75. The van der Waals surface area contributed by atoms with Crippen molar-refractivity contribution < 1.29 is 19.5 Å². The molecule has 0 aliphatic rings. The highest BCUT2D eigenvalue weighted by Gasteiger charge is 2.26. The molecule has 0 saturated carbocycles. The van der Waals surface area contributed by atoms with Crippen LogP contribution in [0.25, 0.3) is 11.1 Å². The molecule has 0 unspecified atom stereocenters. The van der Waals surface area contributed by atoms with E-state index >= 15 is 0 Å². The van der Waals surface area contributed by atoms with Crippen molar-refractivity contribution in [2.24, 2.45) is 0 Å². The fourth-order valence-corrected chi connectivity index (χ4v) is 3.95. The molecule has 0 radical (unpaired) electrons. The summed E-state index contributed by atoms with van der Waals surface area (Å²) in [6.45, 7) is 1.56. The van der Waals surface area contributed by atoms with Crippen LogP contribution in [0.15, 0.2) is 84.9 Å². The van der Waals surface area contributed by atoms with Crippen molar-refractivity contribution in [3.05, 3.63) is 96.1 Å². The van der Waals surface area contributed by atoms with Crippen LogP contribution in [0, 0.1) is 0 Å². The highest BCUT2D eigenvalue weighted by Crippen LogP contribution is 2.23. The van der Waals surface area contributed by atoms with Gasteiger partial charge in [0, 0.05) is 5.56 Å². The number of aliphatic carboxylic acids is 1. The largest absolute Gasteiger partial charge is 0.480 e. The lowest BCUT2D eigenvalue weighted by molar-refractivity contribution is -0.136. The average molecular weight is 434 g/mol. The Morgan fingerprint density at radius 1 is 0.839 bits per heavy atom. The number of hydrogen-bond donors (Lipinski definition) is 2. The van der Waals surface area contributed by atoms with Crippen molar-refractivity contribution in [2.75, 3.05) is 0 Å². The van der Waals surface area contributed by atoms with Crippen LogP contribution in [-0.2, 0) is 16.0 Å². The molecule has 3 aromatic carbocycles. The standard InChI is InChI=1S/C25H23NO4S/c1-17(26-23(27)21-10-6-3-7-11-21)25(30)31-22(24(28)29)16-18-12-14-20(15-13-18)19-8-4-2-5-9-19/h2-15,17,22H,16H2,1H3,(H,26,27)(H,28,29)/t17-,22-/m1/s1. The average Bonchev–Trinajstić information content (AvgIpc) is 2.80. The molecular formula is C25H23NO4S. The molecule has 0 spiro atoms. The van der Waals surface area contributed by atoms with Crippen molar-refractivity contribution in [3.8, 4) is 11.1 Å². The van der Waals surface area contributed by atoms with Gasteiger partial charge in [0.1, 0.15) is 5.25 Å². The van der Waals surface area contributed by atoms with E-state index in [9.17, 15) is 19.5 Å². The zero-order chi connectivity index (χ0) is 22.2. The highest BCUT2D eigenvalue weighted by molar-refractivity contribution is 8.14. The number of amides is 1. The van der Waals surface area contributed by atoms with Gasteiger partial charge in [-0.1, -0.05) is 84.6 Å². The zero-order valence-electron chi connectivity index (χ0n) is 17.0. The van der Waals surface area contributed by atoms with Gasteiger partial charge in [-0.2, -0.15) is 0 Å². The van der Waals surface area contributed by atoms with Crippen molar-refractivity contribution >= 4 is 28.8 Å². The van der Waals surface area contributed by atoms with Gasteiger partial charge in [-0.25, -0.2) is 0 Å². The lowest BCUT2D eigenvalue weighted by Crippen LogP contribution is -2.38. The number of nitrogens with one attached hydrogen (secondary N) is 1. The summed E-state index contributed by atoms with van der Waals surface area (Å²) >= 11 is 0.740. The Balaban J connectivity index is 1.61. The first-order valence-corrected chi connectivity index (χ1v) is 10.8. The van der Waals surface area contributed by atoms with E-state index in [0.29, 0.717) is 5.56 Å². The molecule has 0 fully saturated rings. The molecule has 0 saturated heterocycles. The van der Waals surface area contributed by atoms with Crippen LogP contribution in [0.1, 0.15) is 22.8 Å². The maximum atomic E-state index is 12.5. The minimum atomic E-state index is -1.06. The molecule has 0 aromatic heterocycles. The summed E-state index contributed by atoms with van der Waals surface area (Å²) in [7, 11) is 0. The van der Waals surface area contributed by atoms with Crippen molar-refractivity contribution in [2.45, 2.75) is 24.6 Å². The molecule has 2 N–H and O–H groups in total. The predicted molar refractivity (Wildman–Crippen MR) is 123 cm³/mol. The van der Waals surface area contributed by atoms with E-state index in [0.717, 1.165) is 28.5 Å². The number of thioether (sulfide) groups is 1. The van der Waals surface area contributed by atoms with E-state index in [4.69, 9.17) is 0 Å².